The lowest BCUT2D eigenvalue weighted by Gasteiger charge is -2.32. The van der Waals surface area contributed by atoms with E-state index in [1.54, 1.807) is 0 Å². The summed E-state index contributed by atoms with van der Waals surface area (Å²) >= 11 is 6.94. The lowest BCUT2D eigenvalue weighted by Crippen LogP contribution is -2.43. The molecule has 0 radical (unpaired) electrons. The Morgan fingerprint density at radius 2 is 1.92 bits per heavy atom. The normalized spacial score (nSPS) is 26.9. The monoisotopic (exact) mass is 512 g/mol. The van der Waals surface area contributed by atoms with E-state index >= 15 is 0 Å². The van der Waals surface area contributed by atoms with Gasteiger partial charge >= 0.3 is 13.1 Å². The van der Waals surface area contributed by atoms with Crippen LogP contribution in [0.15, 0.2) is 18.2 Å². The first-order valence-corrected chi connectivity index (χ1v) is 13.2. The molecule has 4 aliphatic rings. The molecule has 36 heavy (non-hydrogen) atoms. The third-order valence-corrected chi connectivity index (χ3v) is 9.01. The number of anilines is 1. The Kier molecular flexibility index (Phi) is 5.54. The maximum absolute atomic E-state index is 6.94. The minimum absolute atomic E-state index is 0.00244. The van der Waals surface area contributed by atoms with Gasteiger partial charge in [-0.25, -0.2) is 0 Å². The molecule has 2 aromatic rings. The van der Waals surface area contributed by atoms with Crippen molar-refractivity contribution < 1.29 is 18.8 Å². The topological polar surface area (TPSA) is 69.2 Å². The molecule has 3 fully saturated rings. The zero-order valence-electron chi connectivity index (χ0n) is 21.8. The van der Waals surface area contributed by atoms with Crippen LogP contribution in [0.1, 0.15) is 47.0 Å². The quantitative estimate of drug-likeness (QED) is 0.455. The summed E-state index contributed by atoms with van der Waals surface area (Å²) in [5, 5.41) is 1.25. The number of nitrogens with zero attached hydrogens (tertiary/aromatic N) is 4. The van der Waals surface area contributed by atoms with Crippen molar-refractivity contribution in [3.63, 3.8) is 0 Å². The van der Waals surface area contributed by atoms with E-state index in [2.05, 4.69) is 16.4 Å². The Labute approximate surface area is 218 Å². The van der Waals surface area contributed by atoms with Crippen molar-refractivity contribution in [2.45, 2.75) is 63.7 Å². The molecule has 6 rings (SSSR count). The Hall–Kier alpha value is -2.07. The van der Waals surface area contributed by atoms with Crippen LogP contribution in [0.4, 0.5) is 5.82 Å². The highest BCUT2D eigenvalue weighted by molar-refractivity contribution is 6.66. The van der Waals surface area contributed by atoms with Gasteiger partial charge in [0.2, 0.25) is 0 Å². The molecule has 8 nitrogen and oxygen atoms in total. The fraction of sp³-hybridized carbons (Fsp3) is 0.615. The van der Waals surface area contributed by atoms with E-state index in [9.17, 15) is 0 Å². The second-order valence-electron chi connectivity index (χ2n) is 11.7. The second-order valence-corrected chi connectivity index (χ2v) is 12.0. The first-order valence-electron chi connectivity index (χ1n) is 12.8. The van der Waals surface area contributed by atoms with Crippen LogP contribution in [0.3, 0.4) is 0 Å². The fourth-order valence-corrected chi connectivity index (χ4v) is 6.17. The second kappa shape index (κ2) is 8.22. The van der Waals surface area contributed by atoms with Crippen molar-refractivity contribution in [3.05, 3.63) is 23.2 Å². The van der Waals surface area contributed by atoms with Crippen LogP contribution in [-0.4, -0.2) is 78.6 Å². The number of hydrogen-bond acceptors (Lipinski definition) is 8. The molecular formula is C26H34BClN4O4. The van der Waals surface area contributed by atoms with Crippen molar-refractivity contribution in [1.29, 1.82) is 0 Å². The van der Waals surface area contributed by atoms with E-state index in [1.807, 2.05) is 40.8 Å². The van der Waals surface area contributed by atoms with Gasteiger partial charge in [-0.05, 0) is 59.6 Å². The summed E-state index contributed by atoms with van der Waals surface area (Å²) in [5.41, 5.74) is 1.68. The Balaban J connectivity index is 1.41. The average Bonchev–Trinajstić information content (AvgIpc) is 3.34. The molecule has 0 bridgehead atoms. The molecule has 1 aromatic carbocycles. The summed E-state index contributed by atoms with van der Waals surface area (Å²) in [6, 6.07) is 2.29. The van der Waals surface area contributed by atoms with Crippen LogP contribution in [0.25, 0.3) is 10.9 Å². The molecule has 1 atom stereocenters. The number of rotatable bonds is 4. The van der Waals surface area contributed by atoms with Crippen LogP contribution in [0, 0.1) is 0 Å². The molecule has 192 valence electrons. The predicted octanol–water partition coefficient (Wildman–Crippen LogP) is 3.58. The standard InChI is InChI=1S/C26H34BClN4O4/c1-16-13-26(8-7-9-32(26)14-16)15-34-23-29-18-12-17(27-35-24(2,3)25(4,5)36-27)20(28)21-19(18)22(30-23)31(6)10-11-33-21/h12H,1,7-11,13-15H2,2-6H3/t26-/m0/s1. The first kappa shape index (κ1) is 24.3. The van der Waals surface area contributed by atoms with Gasteiger partial charge in [0.15, 0.2) is 5.75 Å². The summed E-state index contributed by atoms with van der Waals surface area (Å²) in [7, 11) is 1.37. The number of likely N-dealkylation sites (N-methyl/N-ethyl adjacent to an activating group) is 1. The van der Waals surface area contributed by atoms with Gasteiger partial charge in [-0.2, -0.15) is 9.97 Å². The molecule has 4 aliphatic heterocycles. The molecule has 0 unspecified atom stereocenters. The first-order chi connectivity index (χ1) is 17.0. The fourth-order valence-electron chi connectivity index (χ4n) is 5.87. The molecule has 3 saturated heterocycles. The molecule has 0 saturated carbocycles. The van der Waals surface area contributed by atoms with Crippen LogP contribution in [-0.2, 0) is 9.31 Å². The third kappa shape index (κ3) is 3.70. The van der Waals surface area contributed by atoms with E-state index in [4.69, 9.17) is 40.4 Å². The number of benzene rings is 1. The van der Waals surface area contributed by atoms with Gasteiger partial charge in [-0.3, -0.25) is 4.90 Å². The van der Waals surface area contributed by atoms with Crippen molar-refractivity contribution in [2.24, 2.45) is 0 Å². The Bertz CT molecular complexity index is 1240. The highest BCUT2D eigenvalue weighted by atomic mass is 35.5. The zero-order chi connectivity index (χ0) is 25.5. The van der Waals surface area contributed by atoms with E-state index < -0.39 is 18.3 Å². The Morgan fingerprint density at radius 1 is 1.17 bits per heavy atom. The molecule has 0 N–H and O–H groups in total. The number of hydrogen-bond donors (Lipinski definition) is 0. The zero-order valence-corrected chi connectivity index (χ0v) is 22.6. The van der Waals surface area contributed by atoms with Crippen LogP contribution >= 0.6 is 11.6 Å². The number of ether oxygens (including phenoxy) is 2. The highest BCUT2D eigenvalue weighted by Crippen LogP contribution is 2.44. The summed E-state index contributed by atoms with van der Waals surface area (Å²) in [6.07, 6.45) is 3.25. The molecule has 10 heteroatoms. The molecular weight excluding hydrogens is 479 g/mol. The van der Waals surface area contributed by atoms with Gasteiger partial charge in [0.1, 0.15) is 19.0 Å². The minimum atomic E-state index is -0.633. The van der Waals surface area contributed by atoms with Crippen LogP contribution < -0.4 is 19.8 Å². The number of fused-ring (bicyclic) bond motifs is 1. The van der Waals surface area contributed by atoms with Crippen molar-refractivity contribution in [3.8, 4) is 11.8 Å². The molecule has 0 spiro atoms. The maximum atomic E-state index is 6.94. The van der Waals surface area contributed by atoms with Gasteiger partial charge in [-0.15, -0.1) is 0 Å². The van der Waals surface area contributed by atoms with Gasteiger partial charge in [-0.1, -0.05) is 23.8 Å². The maximum Gasteiger partial charge on any atom is 0.496 e. The van der Waals surface area contributed by atoms with E-state index in [0.717, 1.165) is 37.1 Å². The summed E-state index contributed by atoms with van der Waals surface area (Å²) in [6.45, 7) is 16.1. The smallest absolute Gasteiger partial charge is 0.489 e. The minimum Gasteiger partial charge on any atom is -0.489 e. The van der Waals surface area contributed by atoms with Gasteiger partial charge in [0, 0.05) is 19.1 Å². The third-order valence-electron chi connectivity index (χ3n) is 8.62. The van der Waals surface area contributed by atoms with Gasteiger partial charge < -0.3 is 23.7 Å². The summed E-state index contributed by atoms with van der Waals surface area (Å²) < 4.78 is 25.1. The van der Waals surface area contributed by atoms with Gasteiger partial charge in [0.25, 0.3) is 0 Å². The molecule has 0 amide bonds. The van der Waals surface area contributed by atoms with Crippen LogP contribution in [0.2, 0.25) is 5.02 Å². The predicted molar refractivity (Wildman–Crippen MR) is 142 cm³/mol. The highest BCUT2D eigenvalue weighted by Gasteiger charge is 2.53. The lowest BCUT2D eigenvalue weighted by molar-refractivity contribution is 0.00578. The molecule has 0 aliphatic carbocycles. The van der Waals surface area contributed by atoms with E-state index in [-0.39, 0.29) is 5.54 Å². The van der Waals surface area contributed by atoms with Crippen molar-refractivity contribution in [1.82, 2.24) is 14.9 Å². The lowest BCUT2D eigenvalue weighted by atomic mass is 9.78. The van der Waals surface area contributed by atoms with Crippen molar-refractivity contribution in [2.75, 3.05) is 44.8 Å². The molecule has 1 aromatic heterocycles. The molecule has 5 heterocycles. The average molecular weight is 513 g/mol. The largest absolute Gasteiger partial charge is 0.496 e. The van der Waals surface area contributed by atoms with Crippen LogP contribution in [0.5, 0.6) is 11.8 Å². The van der Waals surface area contributed by atoms with E-state index in [0.29, 0.717) is 47.5 Å². The SMILES string of the molecule is C=C1CN2CCC[C@@]2(COc2nc3c4c(c(Cl)c(B5OC(C)(C)C(C)(C)O5)cc4n2)OCCN3C)C1. The summed E-state index contributed by atoms with van der Waals surface area (Å²) in [4.78, 5) is 14.2. The number of aromatic nitrogens is 2. The Morgan fingerprint density at radius 3 is 2.67 bits per heavy atom. The summed E-state index contributed by atoms with van der Waals surface area (Å²) in [5.74, 6) is 1.32. The van der Waals surface area contributed by atoms with Gasteiger partial charge in [0.05, 0.1) is 39.2 Å². The number of halogens is 1. The van der Waals surface area contributed by atoms with Crippen molar-refractivity contribution >= 4 is 40.9 Å². The van der Waals surface area contributed by atoms with E-state index in [1.165, 1.54) is 12.0 Å².